The lowest BCUT2D eigenvalue weighted by molar-refractivity contribution is -0.274. The summed E-state index contributed by atoms with van der Waals surface area (Å²) in [5.74, 6) is -0.942. The van der Waals surface area contributed by atoms with Crippen LogP contribution in [0.5, 0.6) is 5.75 Å². The van der Waals surface area contributed by atoms with Gasteiger partial charge in [-0.25, -0.2) is 4.79 Å². The molecule has 2 heterocycles. The quantitative estimate of drug-likeness (QED) is 0.483. The minimum absolute atomic E-state index is 0.0259. The fraction of sp³-hybridized carbons (Fsp3) is 0.464. The second-order valence-corrected chi connectivity index (χ2v) is 11.7. The summed E-state index contributed by atoms with van der Waals surface area (Å²) >= 11 is 1.33. The van der Waals surface area contributed by atoms with Crippen LogP contribution in [0.3, 0.4) is 0 Å². The van der Waals surface area contributed by atoms with Crippen LogP contribution in [0.1, 0.15) is 49.5 Å². The minimum atomic E-state index is -4.83. The topological polar surface area (TPSA) is 106 Å². The lowest BCUT2D eigenvalue weighted by Gasteiger charge is -2.27. The lowest BCUT2D eigenvalue weighted by Crippen LogP contribution is -2.50. The predicted molar refractivity (Wildman–Crippen MR) is 146 cm³/mol. The summed E-state index contributed by atoms with van der Waals surface area (Å²) in [6.45, 7) is 6.21. The SMILES string of the molecule is CC(C)(C)OC(=O)N[C@H]1CSc2ccc(C(=O)NC3CCOCC3)cc2N(Cc2ccc(OC(F)(F)F)cc2)C1=O. The van der Waals surface area contributed by atoms with Gasteiger partial charge in [-0.15, -0.1) is 24.9 Å². The minimum Gasteiger partial charge on any atom is -0.444 e. The molecule has 0 saturated carbocycles. The summed E-state index contributed by atoms with van der Waals surface area (Å²) in [5, 5.41) is 5.64. The molecule has 2 aliphatic rings. The molecule has 1 atom stereocenters. The maximum Gasteiger partial charge on any atom is 0.573 e. The van der Waals surface area contributed by atoms with Crippen LogP contribution in [0, 0.1) is 0 Å². The molecule has 4 rings (SSSR count). The summed E-state index contributed by atoms with van der Waals surface area (Å²) in [5.41, 5.74) is 0.532. The third-order valence-electron chi connectivity index (χ3n) is 6.23. The van der Waals surface area contributed by atoms with Gasteiger partial charge in [-0.1, -0.05) is 12.1 Å². The van der Waals surface area contributed by atoms with Crippen LogP contribution in [0.2, 0.25) is 0 Å². The first kappa shape index (κ1) is 30.5. The van der Waals surface area contributed by atoms with Crippen molar-refractivity contribution in [3.63, 3.8) is 0 Å². The van der Waals surface area contributed by atoms with Gasteiger partial charge in [0, 0.05) is 35.5 Å². The smallest absolute Gasteiger partial charge is 0.444 e. The Hall–Kier alpha value is -3.45. The highest BCUT2D eigenvalue weighted by Crippen LogP contribution is 2.36. The number of carbonyl (C=O) groups is 3. The van der Waals surface area contributed by atoms with Gasteiger partial charge in [0.25, 0.3) is 11.8 Å². The van der Waals surface area contributed by atoms with Crippen molar-refractivity contribution >= 4 is 35.4 Å². The van der Waals surface area contributed by atoms with E-state index in [4.69, 9.17) is 9.47 Å². The van der Waals surface area contributed by atoms with Gasteiger partial charge in [0.05, 0.1) is 12.2 Å². The molecule has 1 fully saturated rings. The van der Waals surface area contributed by atoms with Gasteiger partial charge in [-0.05, 0) is 69.5 Å². The third kappa shape index (κ3) is 8.77. The number of carbonyl (C=O) groups excluding carboxylic acids is 3. The average Bonchev–Trinajstić information content (AvgIpc) is 3.00. The van der Waals surface area contributed by atoms with Crippen molar-refractivity contribution < 1.29 is 41.8 Å². The van der Waals surface area contributed by atoms with Crippen LogP contribution >= 0.6 is 11.8 Å². The molecular formula is C28H32F3N3O6S. The van der Waals surface area contributed by atoms with E-state index in [1.807, 2.05) is 0 Å². The number of ether oxygens (including phenoxy) is 3. The van der Waals surface area contributed by atoms with Crippen molar-refractivity contribution in [2.45, 2.75) is 69.1 Å². The number of hydrogen-bond donors (Lipinski definition) is 2. The molecule has 2 aromatic rings. The van der Waals surface area contributed by atoms with Crippen LogP contribution in [-0.4, -0.2) is 60.9 Å². The number of anilines is 1. The van der Waals surface area contributed by atoms with Crippen molar-refractivity contribution in [3.8, 4) is 5.75 Å². The average molecular weight is 596 g/mol. The fourth-order valence-corrected chi connectivity index (χ4v) is 5.40. The molecule has 0 aliphatic carbocycles. The molecule has 41 heavy (non-hydrogen) atoms. The molecule has 0 unspecified atom stereocenters. The Labute approximate surface area is 240 Å². The maximum absolute atomic E-state index is 13.8. The molecule has 0 spiro atoms. The Kier molecular flexibility index (Phi) is 9.37. The van der Waals surface area contributed by atoms with Gasteiger partial charge in [0.15, 0.2) is 0 Å². The standard InChI is InChI=1S/C28H32F3N3O6S/c1-27(2,3)40-26(37)33-21-16-41-23-9-6-18(24(35)32-19-10-12-38-13-11-19)14-22(23)34(25(21)36)15-17-4-7-20(8-5-17)39-28(29,30)31/h4-9,14,19,21H,10-13,15-16H2,1-3H3,(H,32,35)(H,33,37)/t21-/m0/s1. The fourth-order valence-electron chi connectivity index (χ4n) is 4.35. The number of amides is 3. The second kappa shape index (κ2) is 12.6. The number of thioether (sulfide) groups is 1. The molecule has 1 saturated heterocycles. The summed E-state index contributed by atoms with van der Waals surface area (Å²) < 4.78 is 52.5. The number of nitrogens with zero attached hydrogens (tertiary/aromatic N) is 1. The van der Waals surface area contributed by atoms with Crippen LogP contribution in [-0.2, 0) is 20.8 Å². The summed E-state index contributed by atoms with van der Waals surface area (Å²) in [6.07, 6.45) is -4.19. The number of benzene rings is 2. The first-order chi connectivity index (χ1) is 19.3. The Bertz CT molecular complexity index is 1260. The van der Waals surface area contributed by atoms with E-state index in [1.54, 1.807) is 39.0 Å². The van der Waals surface area contributed by atoms with Gasteiger partial charge >= 0.3 is 12.5 Å². The van der Waals surface area contributed by atoms with E-state index in [-0.39, 0.29) is 24.2 Å². The molecule has 0 aromatic heterocycles. The van der Waals surface area contributed by atoms with E-state index in [0.717, 1.165) is 12.1 Å². The van der Waals surface area contributed by atoms with Gasteiger partial charge in [0.1, 0.15) is 17.4 Å². The zero-order chi connectivity index (χ0) is 29.8. The van der Waals surface area contributed by atoms with Crippen LogP contribution in [0.25, 0.3) is 0 Å². The largest absolute Gasteiger partial charge is 0.573 e. The van der Waals surface area contributed by atoms with Gasteiger partial charge < -0.3 is 29.7 Å². The van der Waals surface area contributed by atoms with Crippen LogP contribution < -0.4 is 20.3 Å². The molecule has 2 aromatic carbocycles. The first-order valence-corrected chi connectivity index (χ1v) is 14.1. The Balaban J connectivity index is 1.62. The van der Waals surface area contributed by atoms with Crippen molar-refractivity contribution in [2.24, 2.45) is 0 Å². The number of fused-ring (bicyclic) bond motifs is 1. The zero-order valence-corrected chi connectivity index (χ0v) is 23.7. The molecule has 0 bridgehead atoms. The summed E-state index contributed by atoms with van der Waals surface area (Å²) in [6, 6.07) is 9.21. The van der Waals surface area contributed by atoms with Crippen LogP contribution in [0.4, 0.5) is 23.7 Å². The number of alkyl carbamates (subject to hydrolysis) is 1. The van der Waals surface area contributed by atoms with E-state index in [1.165, 1.54) is 28.8 Å². The predicted octanol–water partition coefficient (Wildman–Crippen LogP) is 5.03. The zero-order valence-electron chi connectivity index (χ0n) is 22.9. The van der Waals surface area contributed by atoms with E-state index in [2.05, 4.69) is 15.4 Å². The molecule has 9 nitrogen and oxygen atoms in total. The molecule has 0 radical (unpaired) electrons. The monoisotopic (exact) mass is 595 g/mol. The van der Waals surface area contributed by atoms with Crippen molar-refractivity contribution in [1.29, 1.82) is 0 Å². The maximum atomic E-state index is 13.8. The Morgan fingerprint density at radius 1 is 1.05 bits per heavy atom. The molecular weight excluding hydrogens is 563 g/mol. The third-order valence-corrected chi connectivity index (χ3v) is 7.38. The number of nitrogens with one attached hydrogen (secondary N) is 2. The van der Waals surface area contributed by atoms with E-state index < -0.39 is 35.8 Å². The van der Waals surface area contributed by atoms with Crippen molar-refractivity contribution in [1.82, 2.24) is 10.6 Å². The molecule has 2 aliphatic heterocycles. The molecule has 3 amide bonds. The van der Waals surface area contributed by atoms with E-state index >= 15 is 0 Å². The molecule has 222 valence electrons. The van der Waals surface area contributed by atoms with Gasteiger partial charge in [-0.2, -0.15) is 0 Å². The number of halogens is 3. The second-order valence-electron chi connectivity index (χ2n) is 10.7. The first-order valence-electron chi connectivity index (χ1n) is 13.1. The highest BCUT2D eigenvalue weighted by molar-refractivity contribution is 7.99. The number of hydrogen-bond acceptors (Lipinski definition) is 7. The van der Waals surface area contributed by atoms with Crippen LogP contribution in [0.15, 0.2) is 47.4 Å². The Morgan fingerprint density at radius 3 is 2.37 bits per heavy atom. The van der Waals surface area contributed by atoms with Gasteiger partial charge in [0.2, 0.25) is 0 Å². The normalized spacial score (nSPS) is 18.2. The highest BCUT2D eigenvalue weighted by Gasteiger charge is 2.34. The van der Waals surface area contributed by atoms with Crippen molar-refractivity contribution in [3.05, 3.63) is 53.6 Å². The summed E-state index contributed by atoms with van der Waals surface area (Å²) in [7, 11) is 0. The molecule has 13 heteroatoms. The number of rotatable bonds is 6. The molecule has 2 N–H and O–H groups in total. The number of alkyl halides is 3. The van der Waals surface area contributed by atoms with E-state index in [0.29, 0.717) is 47.8 Å². The Morgan fingerprint density at radius 2 is 1.73 bits per heavy atom. The highest BCUT2D eigenvalue weighted by atomic mass is 32.2. The van der Waals surface area contributed by atoms with E-state index in [9.17, 15) is 27.6 Å². The van der Waals surface area contributed by atoms with Crippen molar-refractivity contribution in [2.75, 3.05) is 23.9 Å². The van der Waals surface area contributed by atoms with Gasteiger partial charge in [-0.3, -0.25) is 9.59 Å². The lowest BCUT2D eigenvalue weighted by atomic mass is 10.1. The summed E-state index contributed by atoms with van der Waals surface area (Å²) in [4.78, 5) is 41.5.